The van der Waals surface area contributed by atoms with Crippen LogP contribution in [-0.4, -0.2) is 95.4 Å². The molecule has 2 aromatic rings. The van der Waals surface area contributed by atoms with Crippen molar-refractivity contribution in [3.63, 3.8) is 0 Å². The SMILES string of the molecule is COc1cc([C@@H]2Oc3c(OC)cc(CCCO)cc3[C@H]2CO)ccc1O[C@@H]1O[C@H](CO)[C@@H](O)[C@H](O)[C@H]1O. The average molecular weight is 523 g/mol. The lowest BCUT2D eigenvalue weighted by molar-refractivity contribution is -0.277. The predicted octanol–water partition coefficient (Wildman–Crippen LogP) is 0.0170. The van der Waals surface area contributed by atoms with Gasteiger partial charge in [0, 0.05) is 12.2 Å². The van der Waals surface area contributed by atoms with Gasteiger partial charge in [0.1, 0.15) is 30.5 Å². The third-order valence-electron chi connectivity index (χ3n) is 6.80. The molecule has 0 aromatic heterocycles. The molecule has 0 spiro atoms. The number of hydrogen-bond donors (Lipinski definition) is 6. The van der Waals surface area contributed by atoms with Gasteiger partial charge in [0.15, 0.2) is 23.0 Å². The molecule has 0 bridgehead atoms. The van der Waals surface area contributed by atoms with Crippen molar-refractivity contribution < 1.29 is 54.3 Å². The van der Waals surface area contributed by atoms with E-state index < -0.39 is 43.4 Å². The van der Waals surface area contributed by atoms with Crippen LogP contribution in [0.2, 0.25) is 0 Å². The minimum Gasteiger partial charge on any atom is -0.493 e. The number of methoxy groups -OCH3 is 2. The van der Waals surface area contributed by atoms with Crippen LogP contribution < -0.4 is 18.9 Å². The Morgan fingerprint density at radius 1 is 0.838 bits per heavy atom. The Hall–Kier alpha value is -2.64. The van der Waals surface area contributed by atoms with Gasteiger partial charge in [-0.2, -0.15) is 0 Å². The molecule has 1 saturated heterocycles. The molecular weight excluding hydrogens is 488 g/mol. The summed E-state index contributed by atoms with van der Waals surface area (Å²) in [5.74, 6) is 1.16. The molecule has 2 aromatic carbocycles. The summed E-state index contributed by atoms with van der Waals surface area (Å²) in [6, 6.07) is 8.81. The van der Waals surface area contributed by atoms with Crippen molar-refractivity contribution in [2.75, 3.05) is 34.0 Å². The van der Waals surface area contributed by atoms with Gasteiger partial charge in [-0.05, 0) is 42.2 Å². The van der Waals surface area contributed by atoms with E-state index in [1.807, 2.05) is 12.1 Å². The van der Waals surface area contributed by atoms with Gasteiger partial charge in [-0.25, -0.2) is 0 Å². The average Bonchev–Trinajstić information content (AvgIpc) is 3.30. The number of aliphatic hydroxyl groups excluding tert-OH is 6. The Kier molecular flexibility index (Phi) is 8.75. The maximum atomic E-state index is 10.3. The first-order chi connectivity index (χ1) is 17.9. The standard InChI is InChI=1S/C26H34O11/c1-33-18-10-14(5-6-17(18)35-26-23(32)22(31)21(30)20(12-29)36-26)24-16(11-28)15-8-13(4-3-7-27)9-19(34-2)25(15)37-24/h5-6,8-10,16,20-24,26-32H,3-4,7,11-12H2,1-2H3/t16-,20-,21-,22+,23-,24+,26-/m1/s1. The molecule has 0 radical (unpaired) electrons. The maximum absolute atomic E-state index is 10.3. The van der Waals surface area contributed by atoms with E-state index in [1.54, 1.807) is 25.3 Å². The van der Waals surface area contributed by atoms with Gasteiger partial charge in [0.05, 0.1) is 33.4 Å². The minimum atomic E-state index is -1.57. The van der Waals surface area contributed by atoms with Crippen LogP contribution in [0.1, 0.15) is 35.1 Å². The summed E-state index contributed by atoms with van der Waals surface area (Å²) in [6.07, 6.45) is -6.42. The molecule has 11 heteroatoms. The zero-order valence-electron chi connectivity index (χ0n) is 20.7. The summed E-state index contributed by atoms with van der Waals surface area (Å²) in [5, 5.41) is 59.2. The molecule has 2 heterocycles. The molecule has 6 N–H and O–H groups in total. The van der Waals surface area contributed by atoms with Gasteiger partial charge in [-0.15, -0.1) is 0 Å². The van der Waals surface area contributed by atoms with Crippen LogP contribution in [0, 0.1) is 0 Å². The minimum absolute atomic E-state index is 0.0687. The monoisotopic (exact) mass is 522 g/mol. The second-order valence-electron chi connectivity index (χ2n) is 9.10. The molecule has 11 nitrogen and oxygen atoms in total. The topological polar surface area (TPSA) is 168 Å². The molecule has 7 atom stereocenters. The van der Waals surface area contributed by atoms with Gasteiger partial charge in [0.25, 0.3) is 0 Å². The number of aliphatic hydroxyl groups is 6. The fraction of sp³-hybridized carbons (Fsp3) is 0.538. The number of benzene rings is 2. The summed E-state index contributed by atoms with van der Waals surface area (Å²) in [4.78, 5) is 0. The smallest absolute Gasteiger partial charge is 0.229 e. The lowest BCUT2D eigenvalue weighted by Gasteiger charge is -2.39. The summed E-state index contributed by atoms with van der Waals surface area (Å²) < 4.78 is 28.5. The summed E-state index contributed by atoms with van der Waals surface area (Å²) in [7, 11) is 2.98. The second-order valence-corrected chi connectivity index (χ2v) is 9.10. The van der Waals surface area contributed by atoms with Crippen molar-refractivity contribution in [3.05, 3.63) is 47.0 Å². The van der Waals surface area contributed by atoms with E-state index in [1.165, 1.54) is 7.11 Å². The molecule has 0 unspecified atom stereocenters. The van der Waals surface area contributed by atoms with Crippen LogP contribution in [0.15, 0.2) is 30.3 Å². The maximum Gasteiger partial charge on any atom is 0.229 e. The van der Waals surface area contributed by atoms with Crippen LogP contribution in [0.3, 0.4) is 0 Å². The Morgan fingerprint density at radius 3 is 2.24 bits per heavy atom. The second kappa shape index (κ2) is 11.8. The van der Waals surface area contributed by atoms with Crippen molar-refractivity contribution >= 4 is 0 Å². The van der Waals surface area contributed by atoms with Gasteiger partial charge in [0.2, 0.25) is 6.29 Å². The van der Waals surface area contributed by atoms with E-state index >= 15 is 0 Å². The number of rotatable bonds is 10. The highest BCUT2D eigenvalue weighted by molar-refractivity contribution is 5.56. The number of hydrogen-bond acceptors (Lipinski definition) is 11. The molecule has 1 fully saturated rings. The lowest BCUT2D eigenvalue weighted by Crippen LogP contribution is -2.60. The molecule has 204 valence electrons. The number of ether oxygens (including phenoxy) is 5. The third kappa shape index (κ3) is 5.34. The lowest BCUT2D eigenvalue weighted by atomic mass is 9.90. The van der Waals surface area contributed by atoms with Crippen LogP contribution >= 0.6 is 0 Å². The number of fused-ring (bicyclic) bond motifs is 1. The molecule has 4 rings (SSSR count). The van der Waals surface area contributed by atoms with E-state index in [0.717, 1.165) is 11.1 Å². The molecule has 2 aliphatic heterocycles. The normalized spacial score (nSPS) is 28.9. The quantitative estimate of drug-likeness (QED) is 0.249. The Morgan fingerprint density at radius 2 is 1.59 bits per heavy atom. The zero-order chi connectivity index (χ0) is 26.7. The highest BCUT2D eigenvalue weighted by Gasteiger charge is 2.45. The molecule has 37 heavy (non-hydrogen) atoms. The molecular formula is C26H34O11. The van der Waals surface area contributed by atoms with Crippen LogP contribution in [0.5, 0.6) is 23.0 Å². The van der Waals surface area contributed by atoms with Crippen LogP contribution in [0.25, 0.3) is 0 Å². The fourth-order valence-electron chi connectivity index (χ4n) is 4.78. The predicted molar refractivity (Wildman–Crippen MR) is 129 cm³/mol. The number of aryl methyl sites for hydroxylation is 1. The van der Waals surface area contributed by atoms with E-state index in [-0.39, 0.29) is 30.6 Å². The van der Waals surface area contributed by atoms with Crippen molar-refractivity contribution in [3.8, 4) is 23.0 Å². The van der Waals surface area contributed by atoms with Gasteiger partial charge < -0.3 is 54.3 Å². The van der Waals surface area contributed by atoms with Gasteiger partial charge in [-0.1, -0.05) is 12.1 Å². The first-order valence-corrected chi connectivity index (χ1v) is 12.1. The highest BCUT2D eigenvalue weighted by atomic mass is 16.7. The van der Waals surface area contributed by atoms with Gasteiger partial charge >= 0.3 is 0 Å². The largest absolute Gasteiger partial charge is 0.493 e. The molecule has 0 aliphatic carbocycles. The summed E-state index contributed by atoms with van der Waals surface area (Å²) >= 11 is 0. The first kappa shape index (κ1) is 27.4. The van der Waals surface area contributed by atoms with E-state index in [2.05, 4.69) is 0 Å². The highest BCUT2D eigenvalue weighted by Crippen LogP contribution is 2.51. The van der Waals surface area contributed by atoms with Gasteiger partial charge in [-0.3, -0.25) is 0 Å². The Balaban J connectivity index is 1.60. The summed E-state index contributed by atoms with van der Waals surface area (Å²) in [5.41, 5.74) is 2.46. The summed E-state index contributed by atoms with van der Waals surface area (Å²) in [6.45, 7) is -0.691. The van der Waals surface area contributed by atoms with Crippen molar-refractivity contribution in [2.24, 2.45) is 0 Å². The third-order valence-corrected chi connectivity index (χ3v) is 6.80. The van der Waals surface area contributed by atoms with E-state index in [0.29, 0.717) is 29.9 Å². The molecule has 0 amide bonds. The van der Waals surface area contributed by atoms with E-state index in [4.69, 9.17) is 23.7 Å². The Labute approximate surface area is 214 Å². The fourth-order valence-corrected chi connectivity index (χ4v) is 4.78. The Bertz CT molecular complexity index is 1060. The van der Waals surface area contributed by atoms with Crippen molar-refractivity contribution in [1.82, 2.24) is 0 Å². The van der Waals surface area contributed by atoms with Crippen LogP contribution in [0.4, 0.5) is 0 Å². The van der Waals surface area contributed by atoms with Crippen molar-refractivity contribution in [1.29, 1.82) is 0 Å². The van der Waals surface area contributed by atoms with Crippen molar-refractivity contribution in [2.45, 2.75) is 55.6 Å². The van der Waals surface area contributed by atoms with E-state index in [9.17, 15) is 30.6 Å². The molecule has 0 saturated carbocycles. The molecule has 2 aliphatic rings. The first-order valence-electron chi connectivity index (χ1n) is 12.1. The zero-order valence-corrected chi connectivity index (χ0v) is 20.7. The van der Waals surface area contributed by atoms with Crippen LogP contribution in [-0.2, 0) is 11.2 Å².